The summed E-state index contributed by atoms with van der Waals surface area (Å²) in [4.78, 5) is 8.78. The highest BCUT2D eigenvalue weighted by molar-refractivity contribution is 5.79. The Morgan fingerprint density at radius 2 is 1.74 bits per heavy atom. The van der Waals surface area contributed by atoms with Crippen LogP contribution in [0.1, 0.15) is 11.4 Å². The summed E-state index contributed by atoms with van der Waals surface area (Å²) >= 11 is 0. The van der Waals surface area contributed by atoms with Crippen molar-refractivity contribution in [2.45, 2.75) is 13.0 Å². The Hall–Kier alpha value is -3.75. The molecule has 2 aromatic carbocycles. The summed E-state index contributed by atoms with van der Waals surface area (Å²) in [6.45, 7) is 1.18. The summed E-state index contributed by atoms with van der Waals surface area (Å²) < 4.78 is 15.8. The van der Waals surface area contributed by atoms with E-state index in [9.17, 15) is 0 Å². The quantitative estimate of drug-likeness (QED) is 0.358. The minimum Gasteiger partial charge on any atom is -0.497 e. The van der Waals surface area contributed by atoms with Gasteiger partial charge in [0.1, 0.15) is 11.6 Å². The molecule has 0 saturated carbocycles. The van der Waals surface area contributed by atoms with Crippen LogP contribution in [0, 0.1) is 0 Å². The normalized spacial score (nSPS) is 11.2. The van der Waals surface area contributed by atoms with Crippen molar-refractivity contribution in [3.8, 4) is 28.6 Å². The molecule has 1 heterocycles. The lowest BCUT2D eigenvalue weighted by Crippen LogP contribution is -2.38. The fourth-order valence-corrected chi connectivity index (χ4v) is 2.99. The predicted octanol–water partition coefficient (Wildman–Crippen LogP) is 2.41. The predicted molar refractivity (Wildman–Crippen MR) is 120 cm³/mol. The summed E-state index contributed by atoms with van der Waals surface area (Å²) in [6.07, 6.45) is 0.810. The lowest BCUT2D eigenvalue weighted by molar-refractivity contribution is 0.354. The zero-order valence-corrected chi connectivity index (χ0v) is 18.2. The van der Waals surface area contributed by atoms with Gasteiger partial charge in [-0.25, -0.2) is 4.98 Å². The molecule has 0 unspecified atom stereocenters. The molecule has 0 aliphatic rings. The zero-order chi connectivity index (χ0) is 22.1. The van der Waals surface area contributed by atoms with E-state index in [2.05, 4.69) is 30.8 Å². The van der Waals surface area contributed by atoms with Crippen molar-refractivity contribution in [3.63, 3.8) is 0 Å². The van der Waals surface area contributed by atoms with Gasteiger partial charge in [0.25, 0.3) is 0 Å². The fourth-order valence-electron chi connectivity index (χ4n) is 2.99. The largest absolute Gasteiger partial charge is 0.497 e. The summed E-state index contributed by atoms with van der Waals surface area (Å²) in [7, 11) is 6.63. The minimum atomic E-state index is 0.471. The van der Waals surface area contributed by atoms with Crippen molar-refractivity contribution >= 4 is 5.96 Å². The second kappa shape index (κ2) is 10.9. The Balaban J connectivity index is 1.49. The minimum absolute atomic E-state index is 0.471. The molecule has 0 aliphatic carbocycles. The van der Waals surface area contributed by atoms with Crippen molar-refractivity contribution < 1.29 is 14.2 Å². The summed E-state index contributed by atoms with van der Waals surface area (Å²) in [5.74, 6) is 4.27. The van der Waals surface area contributed by atoms with Gasteiger partial charge in [0.15, 0.2) is 23.3 Å². The average Bonchev–Trinajstić information content (AvgIpc) is 3.30. The lowest BCUT2D eigenvalue weighted by atomic mass is 10.1. The highest BCUT2D eigenvalue weighted by atomic mass is 16.5. The first-order chi connectivity index (χ1) is 15.2. The smallest absolute Gasteiger partial charge is 0.191 e. The van der Waals surface area contributed by atoms with Crippen molar-refractivity contribution in [2.24, 2.45) is 4.99 Å². The van der Waals surface area contributed by atoms with Gasteiger partial charge in [0.05, 0.1) is 27.9 Å². The third-order valence-corrected chi connectivity index (χ3v) is 4.68. The Labute approximate surface area is 181 Å². The second-order valence-electron chi connectivity index (χ2n) is 6.63. The number of H-pyrrole nitrogens is 1. The molecule has 31 heavy (non-hydrogen) atoms. The molecule has 0 saturated heterocycles. The number of ether oxygens (including phenoxy) is 3. The molecule has 0 atom stereocenters. The number of aromatic amines is 1. The van der Waals surface area contributed by atoms with E-state index in [1.165, 1.54) is 0 Å². The van der Waals surface area contributed by atoms with Gasteiger partial charge < -0.3 is 24.8 Å². The standard InChI is InChI=1S/C22H28N6O3/c1-23-22(24-12-11-15-5-10-18(30-3)19(13-15)31-4)25-14-20-26-21(28-27-20)16-6-8-17(29-2)9-7-16/h5-10,13H,11-12,14H2,1-4H3,(H2,23,24,25)(H,26,27,28). The molecule has 0 bridgehead atoms. The third kappa shape index (κ3) is 5.88. The van der Waals surface area contributed by atoms with Crippen molar-refractivity contribution in [1.82, 2.24) is 25.8 Å². The van der Waals surface area contributed by atoms with Gasteiger partial charge in [-0.05, 0) is 48.4 Å². The van der Waals surface area contributed by atoms with E-state index in [0.717, 1.165) is 34.8 Å². The topological polar surface area (TPSA) is 106 Å². The number of hydrogen-bond donors (Lipinski definition) is 3. The Morgan fingerprint density at radius 3 is 2.42 bits per heavy atom. The molecule has 9 nitrogen and oxygen atoms in total. The van der Waals surface area contributed by atoms with E-state index in [0.29, 0.717) is 30.7 Å². The number of guanidine groups is 1. The average molecular weight is 425 g/mol. The van der Waals surface area contributed by atoms with Crippen molar-refractivity contribution in [1.29, 1.82) is 0 Å². The van der Waals surface area contributed by atoms with Crippen LogP contribution in [0.15, 0.2) is 47.5 Å². The summed E-state index contributed by atoms with van der Waals surface area (Å²) in [6, 6.07) is 13.5. The Kier molecular flexibility index (Phi) is 7.69. The number of aromatic nitrogens is 3. The van der Waals surface area contributed by atoms with E-state index >= 15 is 0 Å². The van der Waals surface area contributed by atoms with Crippen LogP contribution in [0.4, 0.5) is 0 Å². The third-order valence-electron chi connectivity index (χ3n) is 4.68. The van der Waals surface area contributed by atoms with Crippen LogP contribution in [-0.4, -0.2) is 56.1 Å². The number of nitrogens with zero attached hydrogens (tertiary/aromatic N) is 3. The number of nitrogens with one attached hydrogen (secondary N) is 3. The van der Waals surface area contributed by atoms with E-state index in [1.807, 2.05) is 42.5 Å². The molecule has 0 fully saturated rings. The van der Waals surface area contributed by atoms with Gasteiger partial charge >= 0.3 is 0 Å². The first-order valence-corrected chi connectivity index (χ1v) is 9.88. The molecule has 3 aromatic rings. The van der Waals surface area contributed by atoms with Gasteiger partial charge in [-0.3, -0.25) is 10.1 Å². The fraction of sp³-hybridized carbons (Fsp3) is 0.318. The zero-order valence-electron chi connectivity index (χ0n) is 18.2. The summed E-state index contributed by atoms with van der Waals surface area (Å²) in [5, 5.41) is 13.8. The molecule has 3 rings (SSSR count). The van der Waals surface area contributed by atoms with Crippen LogP contribution in [0.2, 0.25) is 0 Å². The maximum Gasteiger partial charge on any atom is 0.191 e. The van der Waals surface area contributed by atoms with Gasteiger partial charge in [-0.2, -0.15) is 5.10 Å². The molecular formula is C22H28N6O3. The Bertz CT molecular complexity index is 1000. The maximum atomic E-state index is 5.35. The van der Waals surface area contributed by atoms with Crippen molar-refractivity contribution in [3.05, 3.63) is 53.9 Å². The maximum absolute atomic E-state index is 5.35. The van der Waals surface area contributed by atoms with E-state index in [-0.39, 0.29) is 0 Å². The molecule has 0 aliphatic heterocycles. The first kappa shape index (κ1) is 21.9. The van der Waals surface area contributed by atoms with Crippen molar-refractivity contribution in [2.75, 3.05) is 34.9 Å². The molecule has 3 N–H and O–H groups in total. The number of aliphatic imine (C=N–C) groups is 1. The van der Waals surface area contributed by atoms with Crippen LogP contribution < -0.4 is 24.8 Å². The molecule has 0 radical (unpaired) electrons. The van der Waals surface area contributed by atoms with E-state index in [1.54, 1.807) is 28.4 Å². The lowest BCUT2D eigenvalue weighted by Gasteiger charge is -2.12. The van der Waals surface area contributed by atoms with Gasteiger partial charge in [-0.15, -0.1) is 0 Å². The number of hydrogen-bond acceptors (Lipinski definition) is 6. The number of benzene rings is 2. The van der Waals surface area contributed by atoms with Crippen LogP contribution in [0.3, 0.4) is 0 Å². The van der Waals surface area contributed by atoms with Crippen LogP contribution >= 0.6 is 0 Å². The number of rotatable bonds is 9. The molecule has 0 spiro atoms. The molecule has 0 amide bonds. The monoisotopic (exact) mass is 424 g/mol. The van der Waals surface area contributed by atoms with E-state index in [4.69, 9.17) is 14.2 Å². The number of methoxy groups -OCH3 is 3. The van der Waals surface area contributed by atoms with Gasteiger partial charge in [0, 0.05) is 19.2 Å². The van der Waals surface area contributed by atoms with E-state index < -0.39 is 0 Å². The molecule has 1 aromatic heterocycles. The highest BCUT2D eigenvalue weighted by Crippen LogP contribution is 2.27. The SMILES string of the molecule is CN=C(NCCc1ccc(OC)c(OC)c1)NCc1nc(-c2ccc(OC)cc2)n[nH]1. The molecule has 164 valence electrons. The van der Waals surface area contributed by atoms with Crippen LogP contribution in [0.25, 0.3) is 11.4 Å². The Morgan fingerprint density at radius 1 is 0.968 bits per heavy atom. The molecular weight excluding hydrogens is 396 g/mol. The van der Waals surface area contributed by atoms with Crippen LogP contribution in [0.5, 0.6) is 17.2 Å². The first-order valence-electron chi connectivity index (χ1n) is 9.88. The molecule has 9 heteroatoms. The summed E-state index contributed by atoms with van der Waals surface area (Å²) in [5.41, 5.74) is 2.06. The van der Waals surface area contributed by atoms with Crippen LogP contribution in [-0.2, 0) is 13.0 Å². The highest BCUT2D eigenvalue weighted by Gasteiger charge is 2.08. The van der Waals surface area contributed by atoms with Gasteiger partial charge in [-0.1, -0.05) is 6.07 Å². The second-order valence-corrected chi connectivity index (χ2v) is 6.63. The van der Waals surface area contributed by atoms with Gasteiger partial charge in [0.2, 0.25) is 0 Å².